The number of benzene rings is 2. The maximum Gasteiger partial charge on any atom is 0.433 e. The van der Waals surface area contributed by atoms with E-state index in [1.54, 1.807) is 24.4 Å². The van der Waals surface area contributed by atoms with E-state index >= 15 is 0 Å². The van der Waals surface area contributed by atoms with Gasteiger partial charge in [-0.05, 0) is 72.9 Å². The van der Waals surface area contributed by atoms with E-state index in [2.05, 4.69) is 15.3 Å². The molecular formula is C26H19F6N3O2. The van der Waals surface area contributed by atoms with Gasteiger partial charge in [0.05, 0.1) is 17.4 Å². The summed E-state index contributed by atoms with van der Waals surface area (Å²) in [6, 6.07) is 11.6. The molecule has 2 N–H and O–H groups in total. The largest absolute Gasteiger partial charge is 0.490 e. The third kappa shape index (κ3) is 5.25. The fourth-order valence-electron chi connectivity index (χ4n) is 4.22. The van der Waals surface area contributed by atoms with Crippen molar-refractivity contribution >= 4 is 22.5 Å². The van der Waals surface area contributed by atoms with Gasteiger partial charge in [-0.25, -0.2) is 0 Å². The summed E-state index contributed by atoms with van der Waals surface area (Å²) in [5, 5.41) is 3.35. The van der Waals surface area contributed by atoms with Gasteiger partial charge in [0.25, 0.3) is 5.91 Å². The molecule has 1 saturated carbocycles. The van der Waals surface area contributed by atoms with Crippen molar-refractivity contribution in [1.82, 2.24) is 9.97 Å². The van der Waals surface area contributed by atoms with Crippen molar-refractivity contribution in [2.24, 2.45) is 0 Å². The molecule has 0 unspecified atom stereocenters. The summed E-state index contributed by atoms with van der Waals surface area (Å²) in [6.45, 7) is 0. The molecule has 0 atom stereocenters. The summed E-state index contributed by atoms with van der Waals surface area (Å²) in [6.07, 6.45) is -5.03. The van der Waals surface area contributed by atoms with Crippen LogP contribution in [0.3, 0.4) is 0 Å². The third-order valence-corrected chi connectivity index (χ3v) is 6.32. The number of amides is 1. The molecule has 5 nitrogen and oxygen atoms in total. The highest BCUT2D eigenvalue weighted by Gasteiger charge is 2.35. The molecule has 0 aliphatic heterocycles. The van der Waals surface area contributed by atoms with Gasteiger partial charge < -0.3 is 15.0 Å². The molecule has 1 fully saturated rings. The van der Waals surface area contributed by atoms with Crippen LogP contribution in [0, 0.1) is 0 Å². The Morgan fingerprint density at radius 2 is 1.68 bits per heavy atom. The standard InChI is InChI=1S/C26H19F6N3O2/c27-25(28,29)17-4-1-14(2-5-17)24(36)35-22-13-33-21-7-6-18(11-20(21)22)37-19-9-16(10-19)15-3-8-23(34-12-15)26(30,31)32/h1-8,11-13,16,19,33H,9-10H2,(H,35,36)/t16-,19-. The van der Waals surface area contributed by atoms with Crippen molar-refractivity contribution in [3.63, 3.8) is 0 Å². The second-order valence-electron chi connectivity index (χ2n) is 8.82. The van der Waals surface area contributed by atoms with Gasteiger partial charge in [0.2, 0.25) is 0 Å². The van der Waals surface area contributed by atoms with Crippen LogP contribution in [0.5, 0.6) is 5.75 Å². The Labute approximate surface area is 206 Å². The van der Waals surface area contributed by atoms with Crippen LogP contribution >= 0.6 is 0 Å². The van der Waals surface area contributed by atoms with Gasteiger partial charge in [-0.3, -0.25) is 9.78 Å². The zero-order valence-electron chi connectivity index (χ0n) is 19.0. The molecule has 2 aromatic carbocycles. The average molecular weight is 519 g/mol. The van der Waals surface area contributed by atoms with Crippen molar-refractivity contribution in [2.45, 2.75) is 37.2 Å². The fraction of sp³-hybridized carbons (Fsp3) is 0.231. The molecule has 5 rings (SSSR count). The van der Waals surface area contributed by atoms with Crippen molar-refractivity contribution in [3.05, 3.63) is 89.4 Å². The molecule has 37 heavy (non-hydrogen) atoms. The van der Waals surface area contributed by atoms with Gasteiger partial charge in [-0.1, -0.05) is 6.07 Å². The Kier molecular flexibility index (Phi) is 6.09. The van der Waals surface area contributed by atoms with Crippen molar-refractivity contribution in [1.29, 1.82) is 0 Å². The number of hydrogen-bond acceptors (Lipinski definition) is 3. The first-order valence-electron chi connectivity index (χ1n) is 11.3. The smallest absolute Gasteiger partial charge is 0.433 e. The predicted octanol–water partition coefficient (Wildman–Crippen LogP) is 7.18. The van der Waals surface area contributed by atoms with E-state index in [4.69, 9.17) is 4.74 Å². The van der Waals surface area contributed by atoms with Crippen LogP contribution in [-0.2, 0) is 12.4 Å². The predicted molar refractivity (Wildman–Crippen MR) is 123 cm³/mol. The minimum atomic E-state index is -4.49. The number of fused-ring (bicyclic) bond motifs is 1. The van der Waals surface area contributed by atoms with E-state index < -0.39 is 29.5 Å². The Hall–Kier alpha value is -4.02. The highest BCUT2D eigenvalue weighted by atomic mass is 19.4. The SMILES string of the molecule is O=C(Nc1c[nH]c2ccc(O[C@H]3C[C@H](c4ccc(C(F)(F)F)nc4)C3)cc12)c1ccc(C(F)(F)F)cc1. The number of pyridine rings is 1. The molecule has 0 saturated heterocycles. The maximum atomic E-state index is 12.8. The van der Waals surface area contributed by atoms with Crippen LogP contribution in [0.4, 0.5) is 32.0 Å². The summed E-state index contributed by atoms with van der Waals surface area (Å²) >= 11 is 0. The number of carbonyl (C=O) groups is 1. The molecule has 4 aromatic rings. The van der Waals surface area contributed by atoms with E-state index in [1.165, 1.54) is 12.3 Å². The summed E-state index contributed by atoms with van der Waals surface area (Å²) in [5.41, 5.74) is 0.190. The molecule has 11 heteroatoms. The van der Waals surface area contributed by atoms with Gasteiger partial charge in [0, 0.05) is 28.9 Å². The lowest BCUT2D eigenvalue weighted by atomic mass is 9.78. The van der Waals surface area contributed by atoms with Crippen LogP contribution in [0.25, 0.3) is 10.9 Å². The second-order valence-corrected chi connectivity index (χ2v) is 8.82. The Morgan fingerprint density at radius 1 is 0.946 bits per heavy atom. The van der Waals surface area contributed by atoms with Crippen molar-refractivity contribution in [3.8, 4) is 5.75 Å². The molecule has 2 heterocycles. The summed E-state index contributed by atoms with van der Waals surface area (Å²) in [7, 11) is 0. The van der Waals surface area contributed by atoms with Crippen LogP contribution < -0.4 is 10.1 Å². The normalized spacial score (nSPS) is 17.9. The number of nitrogens with one attached hydrogen (secondary N) is 2. The molecule has 2 aromatic heterocycles. The zero-order valence-corrected chi connectivity index (χ0v) is 19.0. The monoisotopic (exact) mass is 519 g/mol. The van der Waals surface area contributed by atoms with Gasteiger partial charge in [-0.2, -0.15) is 26.3 Å². The van der Waals surface area contributed by atoms with Gasteiger partial charge in [0.15, 0.2) is 0 Å². The van der Waals surface area contributed by atoms with Gasteiger partial charge in [-0.15, -0.1) is 0 Å². The quantitative estimate of drug-likeness (QED) is 0.275. The van der Waals surface area contributed by atoms with E-state index in [-0.39, 0.29) is 17.6 Å². The van der Waals surface area contributed by atoms with Crippen molar-refractivity contribution in [2.75, 3.05) is 5.32 Å². The van der Waals surface area contributed by atoms with Crippen LogP contribution in [-0.4, -0.2) is 22.0 Å². The number of hydrogen-bond donors (Lipinski definition) is 2. The number of halogens is 6. The average Bonchev–Trinajstić information content (AvgIpc) is 3.22. The summed E-state index contributed by atoms with van der Waals surface area (Å²) < 4.78 is 82.4. The lowest BCUT2D eigenvalue weighted by Crippen LogP contribution is -2.32. The minimum absolute atomic E-state index is 0.0503. The topological polar surface area (TPSA) is 67.0 Å². The van der Waals surface area contributed by atoms with Gasteiger partial charge in [0.1, 0.15) is 11.4 Å². The highest BCUT2D eigenvalue weighted by Crippen LogP contribution is 2.40. The molecule has 0 spiro atoms. The lowest BCUT2D eigenvalue weighted by Gasteiger charge is -2.35. The van der Waals surface area contributed by atoms with Crippen LogP contribution in [0.1, 0.15) is 45.9 Å². The number of ether oxygens (including phenoxy) is 1. The first-order chi connectivity index (χ1) is 17.5. The fourth-order valence-corrected chi connectivity index (χ4v) is 4.22. The number of carbonyl (C=O) groups excluding carboxylic acids is 1. The van der Waals surface area contributed by atoms with E-state index in [9.17, 15) is 31.1 Å². The maximum absolute atomic E-state index is 12.8. The van der Waals surface area contributed by atoms with E-state index in [0.717, 1.165) is 41.4 Å². The molecule has 1 amide bonds. The summed E-state index contributed by atoms with van der Waals surface area (Å²) in [4.78, 5) is 19.1. The number of rotatable bonds is 5. The minimum Gasteiger partial charge on any atom is -0.490 e. The number of aromatic amines is 1. The highest BCUT2D eigenvalue weighted by molar-refractivity contribution is 6.09. The van der Waals surface area contributed by atoms with E-state index in [0.29, 0.717) is 29.7 Å². The van der Waals surface area contributed by atoms with Crippen LogP contribution in [0.15, 0.2) is 67.0 Å². The lowest BCUT2D eigenvalue weighted by molar-refractivity contribution is -0.141. The zero-order chi connectivity index (χ0) is 26.4. The third-order valence-electron chi connectivity index (χ3n) is 6.32. The Balaban J connectivity index is 1.22. The Morgan fingerprint density at radius 3 is 2.30 bits per heavy atom. The first-order valence-corrected chi connectivity index (χ1v) is 11.3. The number of alkyl halides is 6. The number of anilines is 1. The first kappa shape index (κ1) is 24.7. The molecular weight excluding hydrogens is 500 g/mol. The molecule has 0 radical (unpaired) electrons. The second kappa shape index (κ2) is 9.13. The van der Waals surface area contributed by atoms with E-state index in [1.807, 2.05) is 0 Å². The summed E-state index contributed by atoms with van der Waals surface area (Å²) in [5.74, 6) is 0.0356. The molecule has 1 aliphatic carbocycles. The molecule has 1 aliphatic rings. The number of aromatic nitrogens is 2. The van der Waals surface area contributed by atoms with Crippen LogP contribution in [0.2, 0.25) is 0 Å². The molecule has 192 valence electrons. The van der Waals surface area contributed by atoms with Crippen molar-refractivity contribution < 1.29 is 35.9 Å². The molecule has 0 bridgehead atoms. The Bertz CT molecular complexity index is 1420. The van der Waals surface area contributed by atoms with Gasteiger partial charge >= 0.3 is 12.4 Å². The number of nitrogens with zero attached hydrogens (tertiary/aromatic N) is 1. The number of H-pyrrole nitrogens is 1.